The Morgan fingerprint density at radius 1 is 0.455 bits per heavy atom. The topological polar surface area (TPSA) is 286 Å². The van der Waals surface area contributed by atoms with Crippen molar-refractivity contribution in [3.63, 3.8) is 0 Å². The van der Waals surface area contributed by atoms with Gasteiger partial charge in [0, 0.05) is 129 Å². The van der Waals surface area contributed by atoms with E-state index in [-0.39, 0.29) is 49.9 Å². The number of unbranched alkanes of at least 4 members (excludes halogenated alkanes) is 6. The van der Waals surface area contributed by atoms with Crippen molar-refractivity contribution in [1.82, 2.24) is 59.7 Å². The van der Waals surface area contributed by atoms with Crippen molar-refractivity contribution in [2.75, 3.05) is 88.3 Å². The third-order valence-corrected chi connectivity index (χ3v) is 23.5. The van der Waals surface area contributed by atoms with E-state index in [1.54, 1.807) is 53.0 Å². The number of thiophene rings is 3. The van der Waals surface area contributed by atoms with E-state index in [4.69, 9.17) is 39.7 Å². The van der Waals surface area contributed by atoms with Crippen LogP contribution in [0, 0.1) is 0 Å². The number of ether oxygens (including phenoxy) is 3. The molecule has 6 aromatic rings. The third kappa shape index (κ3) is 25.4. The van der Waals surface area contributed by atoms with Crippen LogP contribution in [0.3, 0.4) is 0 Å². The SMILES string of the molecule is CCCCC(=O)O.CCCCCC(=O)N1CCc2sc3ncnc(OC4CCC(N(C)C)CC4)c3c2C1.CCCCCO.CN(C)C1CCC(Oc2ncnc3sc4c(c23)CN(C(=O)CCCO)CC4)CC1.CN(C)C1CCC(Oc2ncnc3sc4c(c23)CNCC4)CC1.OCCCCO. The molecule has 101 heavy (non-hydrogen) atoms. The lowest BCUT2D eigenvalue weighted by Gasteiger charge is -2.32. The highest BCUT2D eigenvalue weighted by Gasteiger charge is 2.33. The zero-order valence-electron chi connectivity index (χ0n) is 62.1. The van der Waals surface area contributed by atoms with Gasteiger partial charge in [0.15, 0.2) is 0 Å². The molecular weight excluding hydrogens is 1340 g/mol. The van der Waals surface area contributed by atoms with Gasteiger partial charge in [0.05, 0.1) is 16.2 Å². The van der Waals surface area contributed by atoms with Crippen molar-refractivity contribution in [2.24, 2.45) is 0 Å². The van der Waals surface area contributed by atoms with E-state index in [2.05, 4.69) is 106 Å². The highest BCUT2D eigenvalue weighted by Crippen LogP contribution is 2.42. The molecule has 6 N–H and O–H groups in total. The number of nitrogens with one attached hydrogen (secondary N) is 1. The van der Waals surface area contributed by atoms with Gasteiger partial charge in [0.2, 0.25) is 29.5 Å². The summed E-state index contributed by atoms with van der Waals surface area (Å²) < 4.78 is 19.1. The largest absolute Gasteiger partial charge is 0.481 e. The average Bonchev–Trinajstić information content (AvgIpc) is 1.64. The molecular formula is C75H120N12O11S3. The Morgan fingerprint density at radius 2 is 0.802 bits per heavy atom. The standard InChI is InChI=1S/C23H34N4O2S.C21H30N4O3S.C17H24N4OS.C5H10O2.C5H12O.C4H10O2/c1-4-5-6-7-20(28)27-13-12-19-18(14-27)21-22(24-15-25-23(21)30-19)29-17-10-8-16(9-11-17)26(2)3;1-24(2)14-5-7-15(8-6-14)28-20-19-16-12-25(18(27)4-3-11-26)10-9-17(16)29-21(19)23-13-22-20;1-21(2)11-3-5-12(6-4-11)22-16-15-13-9-18-8-7-14(13)23-17(15)20-10-19-16;1-2-3-4-5(6)7;1-2-3-4-5-6;5-3-1-2-4-6/h15-17H,4-14H2,1-3H3;13-15,26H,3-12H2,1-2H3;10-12,18H,3-9H2,1-2H3;2-4H2,1H3,(H,6,7);6H,2-5H2,1H3;5-6H,1-4H2. The summed E-state index contributed by atoms with van der Waals surface area (Å²) in [6.45, 7) is 11.8. The molecule has 0 aromatic carbocycles. The zero-order valence-corrected chi connectivity index (χ0v) is 64.6. The summed E-state index contributed by atoms with van der Waals surface area (Å²) >= 11 is 5.24. The number of carbonyl (C=O) groups is 3. The first kappa shape index (κ1) is 82.9. The molecule has 23 nitrogen and oxygen atoms in total. The van der Waals surface area contributed by atoms with Crippen LogP contribution >= 0.6 is 34.0 Å². The molecule has 0 unspecified atom stereocenters. The van der Waals surface area contributed by atoms with E-state index in [0.29, 0.717) is 75.3 Å². The van der Waals surface area contributed by atoms with E-state index in [1.807, 2.05) is 16.7 Å². The van der Waals surface area contributed by atoms with E-state index in [9.17, 15) is 14.4 Å². The van der Waals surface area contributed by atoms with E-state index < -0.39 is 5.97 Å². The summed E-state index contributed by atoms with van der Waals surface area (Å²) in [5.41, 5.74) is 3.71. The Bertz CT molecular complexity index is 3380. The third-order valence-electron chi connectivity index (χ3n) is 19.9. The van der Waals surface area contributed by atoms with Crippen LogP contribution in [0.5, 0.6) is 17.6 Å². The maximum atomic E-state index is 12.7. The second-order valence-electron chi connectivity index (χ2n) is 28.0. The predicted molar refractivity (Wildman–Crippen MR) is 405 cm³/mol. The molecule has 0 radical (unpaired) electrons. The molecule has 3 aliphatic heterocycles. The fourth-order valence-corrected chi connectivity index (χ4v) is 17.2. The van der Waals surface area contributed by atoms with Crippen LogP contribution in [-0.4, -0.2) is 223 Å². The zero-order chi connectivity index (χ0) is 72.6. The van der Waals surface area contributed by atoms with Crippen LogP contribution in [0.2, 0.25) is 0 Å². The minimum absolute atomic E-state index is 0.0497. The summed E-state index contributed by atoms with van der Waals surface area (Å²) in [4.78, 5) is 79.8. The van der Waals surface area contributed by atoms with Crippen LogP contribution in [0.25, 0.3) is 30.6 Å². The highest BCUT2D eigenvalue weighted by molar-refractivity contribution is 7.19. The monoisotopic (exact) mass is 1460 g/mol. The molecule has 2 amide bonds. The number of fused-ring (bicyclic) bond motifs is 9. The number of aliphatic hydroxyl groups is 4. The van der Waals surface area contributed by atoms with Crippen molar-refractivity contribution < 1.29 is 54.1 Å². The summed E-state index contributed by atoms with van der Waals surface area (Å²) in [5.74, 6) is 1.86. The number of carboxylic acids is 1. The molecule has 6 aliphatic rings. The quantitative estimate of drug-likeness (QED) is 0.0290. The van der Waals surface area contributed by atoms with Gasteiger partial charge in [-0.15, -0.1) is 34.0 Å². The van der Waals surface area contributed by atoms with Gasteiger partial charge in [-0.1, -0.05) is 52.9 Å². The molecule has 3 saturated carbocycles. The average molecular weight is 1460 g/mol. The molecule has 9 heterocycles. The fourth-order valence-electron chi connectivity index (χ4n) is 13.8. The predicted octanol–water partition coefficient (Wildman–Crippen LogP) is 11.8. The Balaban J connectivity index is 0.000000189. The van der Waals surface area contributed by atoms with Crippen molar-refractivity contribution in [1.29, 1.82) is 0 Å². The van der Waals surface area contributed by atoms with Crippen molar-refractivity contribution in [2.45, 2.75) is 263 Å². The lowest BCUT2D eigenvalue weighted by molar-refractivity contribution is -0.137. The Hall–Kier alpha value is -5.39. The van der Waals surface area contributed by atoms with Gasteiger partial charge >= 0.3 is 5.97 Å². The number of aromatic nitrogens is 6. The second-order valence-corrected chi connectivity index (χ2v) is 31.3. The van der Waals surface area contributed by atoms with Gasteiger partial charge in [-0.25, -0.2) is 29.9 Å². The van der Waals surface area contributed by atoms with Gasteiger partial charge in [0.1, 0.15) is 51.8 Å². The summed E-state index contributed by atoms with van der Waals surface area (Å²) in [5, 5.41) is 48.1. The van der Waals surface area contributed by atoms with Crippen LogP contribution in [0.4, 0.5) is 0 Å². The number of carbonyl (C=O) groups excluding carboxylic acids is 2. The number of hydrogen-bond donors (Lipinski definition) is 6. The Labute approximate surface area is 612 Å². The van der Waals surface area contributed by atoms with Crippen molar-refractivity contribution in [3.05, 3.63) is 50.3 Å². The number of nitrogens with zero attached hydrogens (tertiary/aromatic N) is 11. The number of aliphatic carboxylic acids is 1. The molecule has 12 rings (SSSR count). The van der Waals surface area contributed by atoms with Gasteiger partial charge in [-0.2, -0.15) is 0 Å². The maximum Gasteiger partial charge on any atom is 0.303 e. The second kappa shape index (κ2) is 44.4. The van der Waals surface area contributed by atoms with Crippen LogP contribution < -0.4 is 19.5 Å². The van der Waals surface area contributed by atoms with Gasteiger partial charge < -0.3 is 69.6 Å². The van der Waals surface area contributed by atoms with Crippen LogP contribution in [-0.2, 0) is 53.3 Å². The van der Waals surface area contributed by atoms with Crippen molar-refractivity contribution >= 4 is 82.4 Å². The number of carboxylic acid groups (broad SMARTS) is 1. The fraction of sp³-hybridized carbons (Fsp3) is 0.720. The Morgan fingerprint density at radius 3 is 1.14 bits per heavy atom. The van der Waals surface area contributed by atoms with Gasteiger partial charge in [0.25, 0.3) is 0 Å². The molecule has 0 atom stereocenters. The Kier molecular flexibility index (Phi) is 36.5. The molecule has 0 bridgehead atoms. The normalized spacial score (nSPS) is 20.2. The van der Waals surface area contributed by atoms with Gasteiger partial charge in [-0.3, -0.25) is 14.4 Å². The number of aliphatic hydroxyl groups excluding tert-OH is 4. The summed E-state index contributed by atoms with van der Waals surface area (Å²) in [7, 11) is 12.9. The first-order valence-corrected chi connectivity index (χ1v) is 40.1. The lowest BCUT2D eigenvalue weighted by atomic mass is 9.92. The van der Waals surface area contributed by atoms with E-state index in [1.165, 1.54) is 45.0 Å². The molecule has 0 spiro atoms. The summed E-state index contributed by atoms with van der Waals surface area (Å²) in [6, 6.07) is 1.97. The molecule has 564 valence electrons. The molecule has 0 saturated heterocycles. The van der Waals surface area contributed by atoms with Crippen molar-refractivity contribution in [3.8, 4) is 17.6 Å². The first-order valence-electron chi connectivity index (χ1n) is 37.6. The van der Waals surface area contributed by atoms with Gasteiger partial charge in [-0.05, 0) is 183 Å². The maximum absolute atomic E-state index is 12.7. The molecule has 3 fully saturated rings. The smallest absolute Gasteiger partial charge is 0.303 e. The minimum Gasteiger partial charge on any atom is -0.481 e. The minimum atomic E-state index is -0.693. The lowest BCUT2D eigenvalue weighted by Crippen LogP contribution is -2.36. The van der Waals surface area contributed by atoms with Crippen LogP contribution in [0.15, 0.2) is 19.0 Å². The van der Waals surface area contributed by atoms with Crippen LogP contribution in [0.1, 0.15) is 219 Å². The molecule has 6 aromatic heterocycles. The number of hydrogen-bond acceptors (Lipinski definition) is 23. The molecule has 3 aliphatic carbocycles. The number of amides is 2. The number of rotatable bonds is 25. The highest BCUT2D eigenvalue weighted by atomic mass is 32.1. The first-order chi connectivity index (χ1) is 48.9. The molecule has 26 heteroatoms. The summed E-state index contributed by atoms with van der Waals surface area (Å²) in [6.07, 6.45) is 33.4. The van der Waals surface area contributed by atoms with E-state index in [0.717, 1.165) is 210 Å². The van der Waals surface area contributed by atoms with E-state index >= 15 is 0 Å².